The number of nitrogens with one attached hydrogen (secondary N) is 1. The molecule has 0 saturated carbocycles. The SMILES string of the molecule is CN=C(NCC1(OC)CCOCC1)N(C)Cc1ccccc1Br.I. The number of halogens is 2. The number of rotatable bonds is 5. The lowest BCUT2D eigenvalue weighted by Crippen LogP contribution is -2.50. The van der Waals surface area contributed by atoms with Crippen molar-refractivity contribution in [2.24, 2.45) is 4.99 Å². The highest BCUT2D eigenvalue weighted by Crippen LogP contribution is 2.23. The molecule has 0 aromatic heterocycles. The molecule has 7 heteroatoms. The molecule has 5 nitrogen and oxygen atoms in total. The van der Waals surface area contributed by atoms with Crippen LogP contribution < -0.4 is 5.32 Å². The quantitative estimate of drug-likeness (QED) is 0.374. The number of aliphatic imine (C=N–C) groups is 1. The van der Waals surface area contributed by atoms with E-state index in [1.807, 2.05) is 26.2 Å². The van der Waals surface area contributed by atoms with E-state index in [4.69, 9.17) is 9.47 Å². The molecular weight excluding hydrogens is 485 g/mol. The van der Waals surface area contributed by atoms with Crippen molar-refractivity contribution < 1.29 is 9.47 Å². The Hall–Kier alpha value is -0.380. The molecule has 1 N–H and O–H groups in total. The van der Waals surface area contributed by atoms with Crippen molar-refractivity contribution in [2.45, 2.75) is 25.0 Å². The summed E-state index contributed by atoms with van der Waals surface area (Å²) < 4.78 is 12.3. The molecule has 0 unspecified atom stereocenters. The maximum absolute atomic E-state index is 5.77. The highest BCUT2D eigenvalue weighted by Gasteiger charge is 2.32. The Balaban J connectivity index is 0.00000288. The van der Waals surface area contributed by atoms with Crippen LogP contribution in [0, 0.1) is 0 Å². The van der Waals surface area contributed by atoms with Gasteiger partial charge in [0.25, 0.3) is 0 Å². The zero-order valence-corrected chi connectivity index (χ0v) is 18.5. The van der Waals surface area contributed by atoms with Gasteiger partial charge in [0.05, 0.1) is 5.60 Å². The molecule has 0 atom stereocenters. The lowest BCUT2D eigenvalue weighted by molar-refractivity contribution is -0.0857. The molecule has 1 aromatic rings. The topological polar surface area (TPSA) is 46.1 Å². The van der Waals surface area contributed by atoms with Crippen LogP contribution in [0.25, 0.3) is 0 Å². The largest absolute Gasteiger partial charge is 0.381 e. The maximum Gasteiger partial charge on any atom is 0.193 e. The van der Waals surface area contributed by atoms with E-state index in [0.717, 1.165) is 49.6 Å². The van der Waals surface area contributed by atoms with Crippen LogP contribution in [0.3, 0.4) is 0 Å². The highest BCUT2D eigenvalue weighted by molar-refractivity contribution is 14.0. The molecule has 1 fully saturated rings. The first kappa shape index (κ1) is 21.7. The molecular formula is C17H27BrIN3O2. The zero-order valence-electron chi connectivity index (χ0n) is 14.5. The Morgan fingerprint density at radius 2 is 2.04 bits per heavy atom. The van der Waals surface area contributed by atoms with Crippen LogP contribution in [0.15, 0.2) is 33.7 Å². The Labute approximate surface area is 170 Å². The monoisotopic (exact) mass is 511 g/mol. The average molecular weight is 512 g/mol. The fourth-order valence-corrected chi connectivity index (χ4v) is 3.19. The summed E-state index contributed by atoms with van der Waals surface area (Å²) in [6, 6.07) is 8.24. The first-order valence-electron chi connectivity index (χ1n) is 7.88. The lowest BCUT2D eigenvalue weighted by Gasteiger charge is -2.37. The van der Waals surface area contributed by atoms with Crippen molar-refractivity contribution in [3.05, 3.63) is 34.3 Å². The Kier molecular flexibility index (Phi) is 9.54. The van der Waals surface area contributed by atoms with Crippen molar-refractivity contribution in [2.75, 3.05) is 41.0 Å². The van der Waals surface area contributed by atoms with Crippen LogP contribution >= 0.6 is 39.9 Å². The first-order valence-corrected chi connectivity index (χ1v) is 8.67. The normalized spacial score (nSPS) is 17.1. The van der Waals surface area contributed by atoms with E-state index >= 15 is 0 Å². The minimum Gasteiger partial charge on any atom is -0.381 e. The summed E-state index contributed by atoms with van der Waals surface area (Å²) in [5, 5.41) is 3.45. The minimum atomic E-state index is -0.164. The number of nitrogens with zero attached hydrogens (tertiary/aromatic N) is 2. The third-order valence-corrected chi connectivity index (χ3v) is 5.12. The van der Waals surface area contributed by atoms with Crippen LogP contribution in [0.4, 0.5) is 0 Å². The number of benzene rings is 1. The minimum absolute atomic E-state index is 0. The smallest absolute Gasteiger partial charge is 0.193 e. The average Bonchev–Trinajstić information content (AvgIpc) is 2.58. The number of hydrogen-bond acceptors (Lipinski definition) is 3. The summed E-state index contributed by atoms with van der Waals surface area (Å²) in [5.41, 5.74) is 1.06. The number of guanidine groups is 1. The van der Waals surface area contributed by atoms with E-state index in [-0.39, 0.29) is 29.6 Å². The van der Waals surface area contributed by atoms with Gasteiger partial charge in [-0.3, -0.25) is 4.99 Å². The molecule has 1 heterocycles. The predicted molar refractivity (Wildman–Crippen MR) is 112 cm³/mol. The van der Waals surface area contributed by atoms with Gasteiger partial charge in [0.15, 0.2) is 5.96 Å². The molecule has 0 radical (unpaired) electrons. The third kappa shape index (κ3) is 5.86. The molecule has 1 aliphatic rings. The van der Waals surface area contributed by atoms with E-state index in [1.54, 1.807) is 7.11 Å². The van der Waals surface area contributed by atoms with E-state index in [0.29, 0.717) is 0 Å². The third-order valence-electron chi connectivity index (χ3n) is 4.34. The molecule has 0 bridgehead atoms. The Morgan fingerprint density at radius 1 is 1.38 bits per heavy atom. The van der Waals surface area contributed by atoms with Gasteiger partial charge in [-0.2, -0.15) is 0 Å². The van der Waals surface area contributed by atoms with Gasteiger partial charge in [-0.15, -0.1) is 24.0 Å². The summed E-state index contributed by atoms with van der Waals surface area (Å²) >= 11 is 3.60. The van der Waals surface area contributed by atoms with Crippen LogP contribution in [0.2, 0.25) is 0 Å². The molecule has 1 aromatic carbocycles. The van der Waals surface area contributed by atoms with Gasteiger partial charge in [0.1, 0.15) is 0 Å². The van der Waals surface area contributed by atoms with Crippen molar-refractivity contribution in [1.29, 1.82) is 0 Å². The van der Waals surface area contributed by atoms with Crippen LogP contribution in [-0.4, -0.2) is 57.4 Å². The van der Waals surface area contributed by atoms with Gasteiger partial charge < -0.3 is 19.7 Å². The summed E-state index contributed by atoms with van der Waals surface area (Å²) in [6.45, 7) is 3.02. The Morgan fingerprint density at radius 3 is 2.62 bits per heavy atom. The molecule has 0 spiro atoms. The standard InChI is InChI=1S/C17H26BrN3O2.HI/c1-19-16(20-13-17(22-3)8-10-23-11-9-17)21(2)12-14-6-4-5-7-15(14)18;/h4-7H,8-13H2,1-3H3,(H,19,20);1H. The zero-order chi connectivity index (χ0) is 16.7. The van der Waals surface area contributed by atoms with Crippen molar-refractivity contribution in [3.63, 3.8) is 0 Å². The first-order chi connectivity index (χ1) is 11.1. The number of hydrogen-bond donors (Lipinski definition) is 1. The van der Waals surface area contributed by atoms with E-state index in [1.165, 1.54) is 5.56 Å². The summed E-state index contributed by atoms with van der Waals surface area (Å²) in [4.78, 5) is 6.51. The van der Waals surface area contributed by atoms with Gasteiger partial charge in [-0.25, -0.2) is 0 Å². The second-order valence-electron chi connectivity index (χ2n) is 5.85. The number of ether oxygens (including phenoxy) is 2. The molecule has 1 saturated heterocycles. The van der Waals surface area contributed by atoms with Crippen molar-refractivity contribution in [3.8, 4) is 0 Å². The van der Waals surface area contributed by atoms with E-state index in [2.05, 4.69) is 43.3 Å². The van der Waals surface area contributed by atoms with Crippen molar-refractivity contribution in [1.82, 2.24) is 10.2 Å². The number of methoxy groups -OCH3 is 1. The van der Waals surface area contributed by atoms with Crippen LogP contribution in [0.1, 0.15) is 18.4 Å². The maximum atomic E-state index is 5.77. The van der Waals surface area contributed by atoms with Crippen molar-refractivity contribution >= 4 is 45.9 Å². The molecule has 24 heavy (non-hydrogen) atoms. The molecule has 0 amide bonds. The Bertz CT molecular complexity index is 536. The molecule has 2 rings (SSSR count). The second kappa shape index (κ2) is 10.6. The van der Waals surface area contributed by atoms with E-state index < -0.39 is 0 Å². The summed E-state index contributed by atoms with van der Waals surface area (Å²) in [7, 11) is 5.63. The molecule has 136 valence electrons. The van der Waals surface area contributed by atoms with Gasteiger partial charge in [-0.05, 0) is 11.6 Å². The summed E-state index contributed by atoms with van der Waals surface area (Å²) in [5.74, 6) is 0.865. The second-order valence-corrected chi connectivity index (χ2v) is 6.70. The fraction of sp³-hybridized carbons (Fsp3) is 0.588. The van der Waals surface area contributed by atoms with Crippen LogP contribution in [-0.2, 0) is 16.0 Å². The molecule has 0 aliphatic carbocycles. The van der Waals surface area contributed by atoms with Crippen LogP contribution in [0.5, 0.6) is 0 Å². The van der Waals surface area contributed by atoms with Gasteiger partial charge in [-0.1, -0.05) is 34.1 Å². The predicted octanol–water partition coefficient (Wildman–Crippen LogP) is 3.27. The summed E-state index contributed by atoms with van der Waals surface area (Å²) in [6.07, 6.45) is 1.81. The lowest BCUT2D eigenvalue weighted by atomic mass is 9.94. The fourth-order valence-electron chi connectivity index (χ4n) is 2.78. The highest BCUT2D eigenvalue weighted by atomic mass is 127. The van der Waals surface area contributed by atoms with Gasteiger partial charge >= 0.3 is 0 Å². The van der Waals surface area contributed by atoms with Gasteiger partial charge in [0, 0.05) is 64.8 Å². The van der Waals surface area contributed by atoms with E-state index in [9.17, 15) is 0 Å². The molecule has 1 aliphatic heterocycles. The van der Waals surface area contributed by atoms with Gasteiger partial charge in [0.2, 0.25) is 0 Å².